The van der Waals surface area contributed by atoms with E-state index in [1.54, 1.807) is 18.2 Å². The standard InChI is InChI=1S/C22H22Cl2FN3O4/c1-13(4-3-9-31-22(30)27-15-6-7-16(24)17(25)11-15)26-21(29)20-12-28(2)18-10-14(23)5-8-19(18)32-20/h5-8,10-11,20H,1,3-4,9,12H2,2H3,(H,26,29)(H,27,30). The Morgan fingerprint density at radius 2 is 2.06 bits per heavy atom. The fourth-order valence-corrected chi connectivity index (χ4v) is 3.34. The lowest BCUT2D eigenvalue weighted by Gasteiger charge is -2.33. The summed E-state index contributed by atoms with van der Waals surface area (Å²) in [6.07, 6.45) is -0.580. The molecule has 1 unspecified atom stereocenters. The summed E-state index contributed by atoms with van der Waals surface area (Å²) in [5.74, 6) is -0.378. The summed E-state index contributed by atoms with van der Waals surface area (Å²) in [4.78, 5) is 26.2. The van der Waals surface area contributed by atoms with Gasteiger partial charge in [-0.05, 0) is 49.2 Å². The molecule has 1 aliphatic rings. The number of fused-ring (bicyclic) bond motifs is 1. The van der Waals surface area contributed by atoms with E-state index in [1.807, 2.05) is 11.9 Å². The number of allylic oxidation sites excluding steroid dienone is 1. The summed E-state index contributed by atoms with van der Waals surface area (Å²) in [5, 5.41) is 5.69. The molecule has 2 aromatic carbocycles. The Morgan fingerprint density at radius 3 is 2.81 bits per heavy atom. The fraction of sp³-hybridized carbons (Fsp3) is 0.273. The Kier molecular flexibility index (Phi) is 7.82. The van der Waals surface area contributed by atoms with Crippen molar-refractivity contribution >= 4 is 46.6 Å². The molecule has 32 heavy (non-hydrogen) atoms. The lowest BCUT2D eigenvalue weighted by Crippen LogP contribution is -2.47. The molecule has 2 amide bonds. The number of nitrogens with one attached hydrogen (secondary N) is 2. The molecule has 2 N–H and O–H groups in total. The Labute approximate surface area is 195 Å². The minimum atomic E-state index is -0.723. The zero-order valence-electron chi connectivity index (χ0n) is 17.3. The first-order valence-electron chi connectivity index (χ1n) is 9.77. The number of anilines is 2. The van der Waals surface area contributed by atoms with E-state index in [0.717, 1.165) is 11.8 Å². The molecule has 0 bridgehead atoms. The van der Waals surface area contributed by atoms with E-state index in [0.29, 0.717) is 35.9 Å². The van der Waals surface area contributed by atoms with E-state index < -0.39 is 18.0 Å². The van der Waals surface area contributed by atoms with Gasteiger partial charge in [-0.1, -0.05) is 29.8 Å². The number of halogens is 3. The van der Waals surface area contributed by atoms with Gasteiger partial charge in [0.15, 0.2) is 6.10 Å². The van der Waals surface area contributed by atoms with Crippen molar-refractivity contribution in [2.75, 3.05) is 30.4 Å². The smallest absolute Gasteiger partial charge is 0.411 e. The fourth-order valence-electron chi connectivity index (χ4n) is 3.06. The number of rotatable bonds is 7. The van der Waals surface area contributed by atoms with Crippen molar-refractivity contribution in [2.45, 2.75) is 18.9 Å². The molecule has 1 atom stereocenters. The highest BCUT2D eigenvalue weighted by atomic mass is 35.5. The van der Waals surface area contributed by atoms with Crippen molar-refractivity contribution in [1.82, 2.24) is 5.32 Å². The average Bonchev–Trinajstić information content (AvgIpc) is 2.74. The van der Waals surface area contributed by atoms with Crippen molar-refractivity contribution in [3.63, 3.8) is 0 Å². The quantitative estimate of drug-likeness (QED) is 0.544. The van der Waals surface area contributed by atoms with Gasteiger partial charge in [-0.3, -0.25) is 10.1 Å². The third-order valence-electron chi connectivity index (χ3n) is 4.66. The minimum absolute atomic E-state index is 0.0386. The van der Waals surface area contributed by atoms with Crippen molar-refractivity contribution in [2.24, 2.45) is 0 Å². The number of amides is 2. The lowest BCUT2D eigenvalue weighted by atomic mass is 10.2. The number of hydrogen-bond acceptors (Lipinski definition) is 5. The van der Waals surface area contributed by atoms with Crippen LogP contribution in [0.3, 0.4) is 0 Å². The molecule has 7 nitrogen and oxygen atoms in total. The summed E-state index contributed by atoms with van der Waals surface area (Å²) in [7, 11) is 1.85. The summed E-state index contributed by atoms with van der Waals surface area (Å²) < 4.78 is 24.2. The maximum absolute atomic E-state index is 13.4. The highest BCUT2D eigenvalue weighted by molar-refractivity contribution is 6.31. The molecule has 0 aromatic heterocycles. The molecule has 0 radical (unpaired) electrons. The highest BCUT2D eigenvalue weighted by Crippen LogP contribution is 2.34. The van der Waals surface area contributed by atoms with Crippen LogP contribution in [0, 0.1) is 5.82 Å². The summed E-state index contributed by atoms with van der Waals surface area (Å²) in [5.41, 5.74) is 1.53. The summed E-state index contributed by atoms with van der Waals surface area (Å²) >= 11 is 11.6. The topological polar surface area (TPSA) is 79.9 Å². The first-order chi connectivity index (χ1) is 15.2. The minimum Gasteiger partial charge on any atom is -0.477 e. The second kappa shape index (κ2) is 10.6. The van der Waals surface area contributed by atoms with Gasteiger partial charge in [0.1, 0.15) is 11.6 Å². The molecule has 10 heteroatoms. The molecule has 0 saturated heterocycles. The van der Waals surface area contributed by atoms with Crippen molar-refractivity contribution in [3.05, 3.63) is 64.5 Å². The third-order valence-corrected chi connectivity index (χ3v) is 5.20. The van der Waals surface area contributed by atoms with Crippen LogP contribution in [0.2, 0.25) is 10.0 Å². The van der Waals surface area contributed by atoms with Crippen LogP contribution in [0.1, 0.15) is 12.8 Å². The molecule has 0 saturated carbocycles. The first kappa shape index (κ1) is 23.7. The number of ether oxygens (including phenoxy) is 2. The number of nitrogens with zero attached hydrogens (tertiary/aromatic N) is 1. The monoisotopic (exact) mass is 481 g/mol. The van der Waals surface area contributed by atoms with Gasteiger partial charge in [-0.25, -0.2) is 9.18 Å². The van der Waals surface area contributed by atoms with Crippen molar-refractivity contribution < 1.29 is 23.5 Å². The van der Waals surface area contributed by atoms with Gasteiger partial charge >= 0.3 is 6.09 Å². The molecule has 0 fully saturated rings. The van der Waals surface area contributed by atoms with E-state index in [2.05, 4.69) is 17.2 Å². The second-order valence-corrected chi connectivity index (χ2v) is 8.03. The zero-order chi connectivity index (χ0) is 23.3. The van der Waals surface area contributed by atoms with Crippen molar-refractivity contribution in [1.29, 1.82) is 0 Å². The van der Waals surface area contributed by atoms with Gasteiger partial charge < -0.3 is 19.7 Å². The number of hydrogen-bond donors (Lipinski definition) is 2. The summed E-state index contributed by atoms with van der Waals surface area (Å²) in [6, 6.07) is 9.10. The largest absolute Gasteiger partial charge is 0.477 e. The third kappa shape index (κ3) is 6.27. The van der Waals surface area contributed by atoms with Crippen LogP contribution < -0.4 is 20.3 Å². The Morgan fingerprint density at radius 1 is 1.28 bits per heavy atom. The van der Waals surface area contributed by atoms with E-state index in [4.69, 9.17) is 32.7 Å². The predicted octanol–water partition coefficient (Wildman–Crippen LogP) is 4.99. The van der Waals surface area contributed by atoms with Gasteiger partial charge in [0.25, 0.3) is 5.91 Å². The second-order valence-electron chi connectivity index (χ2n) is 7.19. The van der Waals surface area contributed by atoms with Gasteiger partial charge in [0, 0.05) is 23.5 Å². The average molecular weight is 482 g/mol. The zero-order valence-corrected chi connectivity index (χ0v) is 18.8. The molecule has 1 aliphatic heterocycles. The molecule has 2 aromatic rings. The van der Waals surface area contributed by atoms with Crippen LogP contribution in [0.5, 0.6) is 5.75 Å². The lowest BCUT2D eigenvalue weighted by molar-refractivity contribution is -0.127. The van der Waals surface area contributed by atoms with E-state index in [1.165, 1.54) is 12.1 Å². The van der Waals surface area contributed by atoms with E-state index in [9.17, 15) is 14.0 Å². The number of carbonyl (C=O) groups is 2. The van der Waals surface area contributed by atoms with E-state index >= 15 is 0 Å². The van der Waals surface area contributed by atoms with Gasteiger partial charge in [0.05, 0.1) is 23.9 Å². The Hall–Kier alpha value is -2.97. The van der Waals surface area contributed by atoms with Gasteiger partial charge in [-0.2, -0.15) is 0 Å². The van der Waals surface area contributed by atoms with Crippen LogP contribution in [-0.4, -0.2) is 38.3 Å². The molecular weight excluding hydrogens is 460 g/mol. The summed E-state index contributed by atoms with van der Waals surface area (Å²) in [6.45, 7) is 4.29. The Balaban J connectivity index is 1.38. The molecule has 170 valence electrons. The maximum Gasteiger partial charge on any atom is 0.411 e. The van der Waals surface area contributed by atoms with Gasteiger partial charge in [0.2, 0.25) is 0 Å². The molecule has 0 spiro atoms. The van der Waals surface area contributed by atoms with Crippen LogP contribution in [-0.2, 0) is 9.53 Å². The Bertz CT molecular complexity index is 1030. The van der Waals surface area contributed by atoms with Crippen LogP contribution >= 0.6 is 23.2 Å². The first-order valence-corrected chi connectivity index (χ1v) is 10.5. The highest BCUT2D eigenvalue weighted by Gasteiger charge is 2.29. The molecular formula is C22H22Cl2FN3O4. The van der Waals surface area contributed by atoms with E-state index in [-0.39, 0.29) is 23.2 Å². The number of benzene rings is 2. The molecule has 1 heterocycles. The SMILES string of the molecule is C=C(CCCOC(=O)Nc1ccc(Cl)c(F)c1)NC(=O)C1CN(C)c2cc(Cl)ccc2O1. The number of carbonyl (C=O) groups excluding carboxylic acids is 2. The van der Waals surface area contributed by atoms with Crippen LogP contribution in [0.25, 0.3) is 0 Å². The maximum atomic E-state index is 13.4. The molecule has 3 rings (SSSR count). The van der Waals surface area contributed by atoms with Crippen molar-refractivity contribution in [3.8, 4) is 5.75 Å². The predicted molar refractivity (Wildman–Crippen MR) is 122 cm³/mol. The number of likely N-dealkylation sites (N-methyl/N-ethyl adjacent to an activating group) is 1. The van der Waals surface area contributed by atoms with Gasteiger partial charge in [-0.15, -0.1) is 0 Å². The molecule has 0 aliphatic carbocycles. The van der Waals surface area contributed by atoms with Crippen LogP contribution in [0.15, 0.2) is 48.7 Å². The van der Waals surface area contributed by atoms with Crippen LogP contribution in [0.4, 0.5) is 20.6 Å². The normalized spacial score (nSPS) is 14.8.